The Kier molecular flexibility index (Phi) is 6.65. The maximum atomic E-state index is 12.5. The van der Waals surface area contributed by atoms with Gasteiger partial charge in [0.15, 0.2) is 5.78 Å². The first-order valence-corrected chi connectivity index (χ1v) is 12.5. The quantitative estimate of drug-likeness (QED) is 0.542. The summed E-state index contributed by atoms with van der Waals surface area (Å²) in [7, 11) is -1.94. The molecule has 0 aliphatic heterocycles. The van der Waals surface area contributed by atoms with Gasteiger partial charge in [-0.05, 0) is 61.5 Å². The average molecular weight is 409 g/mol. The first-order valence-electron chi connectivity index (χ1n) is 9.59. The van der Waals surface area contributed by atoms with Crippen LogP contribution in [0.4, 0.5) is 0 Å². The summed E-state index contributed by atoms with van der Waals surface area (Å²) >= 11 is 0. The standard InChI is InChI=1S/C23H28N2O3Si/c1-16(21(26)18-9-7-17(15-24)8-10-18)25-22(27)19-11-13-20(14-12-19)28-29(5,6)23(2,3)4/h7-14,16H,1-6H3,(H,25,27)/t16-/m0/s1. The van der Waals surface area contributed by atoms with E-state index in [4.69, 9.17) is 9.69 Å². The van der Waals surface area contributed by atoms with Crippen LogP contribution in [-0.4, -0.2) is 26.0 Å². The first kappa shape index (κ1) is 22.4. The summed E-state index contributed by atoms with van der Waals surface area (Å²) in [6, 6.07) is 14.7. The lowest BCUT2D eigenvalue weighted by Crippen LogP contribution is -2.43. The van der Waals surface area contributed by atoms with Crippen LogP contribution in [0, 0.1) is 11.3 Å². The molecule has 2 aromatic rings. The number of rotatable bonds is 6. The van der Waals surface area contributed by atoms with Gasteiger partial charge in [-0.25, -0.2) is 0 Å². The van der Waals surface area contributed by atoms with Gasteiger partial charge < -0.3 is 9.74 Å². The van der Waals surface area contributed by atoms with Crippen molar-refractivity contribution >= 4 is 20.0 Å². The Labute approximate surface area is 173 Å². The molecule has 0 spiro atoms. The molecule has 0 saturated heterocycles. The van der Waals surface area contributed by atoms with Crippen molar-refractivity contribution in [3.05, 3.63) is 65.2 Å². The molecule has 0 fully saturated rings. The number of nitrogens with one attached hydrogen (secondary N) is 1. The monoisotopic (exact) mass is 408 g/mol. The van der Waals surface area contributed by atoms with Crippen molar-refractivity contribution in [3.8, 4) is 11.8 Å². The van der Waals surface area contributed by atoms with Crippen molar-refractivity contribution in [1.82, 2.24) is 5.32 Å². The van der Waals surface area contributed by atoms with Crippen molar-refractivity contribution in [2.45, 2.75) is 51.9 Å². The zero-order valence-electron chi connectivity index (χ0n) is 17.9. The Morgan fingerprint density at radius 3 is 2.00 bits per heavy atom. The van der Waals surface area contributed by atoms with Crippen LogP contribution < -0.4 is 9.74 Å². The fraction of sp³-hybridized carbons (Fsp3) is 0.348. The van der Waals surface area contributed by atoms with E-state index in [1.165, 1.54) is 0 Å². The second-order valence-electron chi connectivity index (χ2n) is 8.64. The minimum Gasteiger partial charge on any atom is -0.544 e. The van der Waals surface area contributed by atoms with Crippen LogP contribution in [0.25, 0.3) is 0 Å². The van der Waals surface area contributed by atoms with Crippen molar-refractivity contribution in [1.29, 1.82) is 5.26 Å². The van der Waals surface area contributed by atoms with E-state index in [-0.39, 0.29) is 16.7 Å². The Bertz CT molecular complexity index is 921. The number of ketones is 1. The topological polar surface area (TPSA) is 79.2 Å². The predicted molar refractivity (Wildman–Crippen MR) is 117 cm³/mol. The highest BCUT2D eigenvalue weighted by atomic mass is 28.4. The number of carbonyl (C=O) groups excluding carboxylic acids is 2. The Hall–Kier alpha value is -2.91. The van der Waals surface area contributed by atoms with Crippen LogP contribution in [0.3, 0.4) is 0 Å². The molecule has 0 radical (unpaired) electrons. The summed E-state index contributed by atoms with van der Waals surface area (Å²) in [5.74, 6) is 0.217. The SMILES string of the molecule is C[C@H](NC(=O)c1ccc(O[Si](C)(C)C(C)(C)C)cc1)C(=O)c1ccc(C#N)cc1. The molecule has 2 rings (SSSR count). The van der Waals surface area contributed by atoms with Gasteiger partial charge in [0.25, 0.3) is 5.91 Å². The van der Waals surface area contributed by atoms with Gasteiger partial charge in [-0.1, -0.05) is 32.9 Å². The van der Waals surface area contributed by atoms with E-state index < -0.39 is 14.4 Å². The summed E-state index contributed by atoms with van der Waals surface area (Å²) in [5.41, 5.74) is 1.40. The number of hydrogen-bond donors (Lipinski definition) is 1. The fourth-order valence-corrected chi connectivity index (χ4v) is 3.46. The van der Waals surface area contributed by atoms with E-state index in [1.807, 2.05) is 6.07 Å². The molecule has 1 atom stereocenters. The van der Waals surface area contributed by atoms with Gasteiger partial charge in [-0.3, -0.25) is 9.59 Å². The molecule has 0 aromatic heterocycles. The van der Waals surface area contributed by atoms with Gasteiger partial charge in [0.1, 0.15) is 5.75 Å². The summed E-state index contributed by atoms with van der Waals surface area (Å²) in [6.07, 6.45) is 0. The molecular weight excluding hydrogens is 380 g/mol. The van der Waals surface area contributed by atoms with E-state index in [2.05, 4.69) is 39.2 Å². The van der Waals surface area contributed by atoms with Crippen LogP contribution in [0.2, 0.25) is 18.1 Å². The number of benzene rings is 2. The smallest absolute Gasteiger partial charge is 0.251 e. The average Bonchev–Trinajstić information content (AvgIpc) is 2.66. The zero-order valence-corrected chi connectivity index (χ0v) is 18.9. The van der Waals surface area contributed by atoms with E-state index in [0.717, 1.165) is 5.75 Å². The maximum absolute atomic E-state index is 12.5. The lowest BCUT2D eigenvalue weighted by atomic mass is 10.0. The third-order valence-corrected chi connectivity index (χ3v) is 9.69. The third kappa shape index (κ3) is 5.55. The number of Topliss-reactive ketones (excluding diaryl/α,β-unsaturated/α-hetero) is 1. The highest BCUT2D eigenvalue weighted by Gasteiger charge is 2.38. The highest BCUT2D eigenvalue weighted by molar-refractivity contribution is 6.74. The molecule has 152 valence electrons. The highest BCUT2D eigenvalue weighted by Crippen LogP contribution is 2.37. The van der Waals surface area contributed by atoms with Crippen molar-refractivity contribution in [2.24, 2.45) is 0 Å². The van der Waals surface area contributed by atoms with Crippen LogP contribution in [0.5, 0.6) is 5.75 Å². The molecule has 0 unspecified atom stereocenters. The second-order valence-corrected chi connectivity index (χ2v) is 13.4. The van der Waals surface area contributed by atoms with Crippen molar-refractivity contribution in [2.75, 3.05) is 0 Å². The normalized spacial score (nSPS) is 12.6. The van der Waals surface area contributed by atoms with Gasteiger partial charge in [0.05, 0.1) is 17.7 Å². The largest absolute Gasteiger partial charge is 0.544 e. The van der Waals surface area contributed by atoms with Crippen LogP contribution >= 0.6 is 0 Å². The van der Waals surface area contributed by atoms with E-state index in [0.29, 0.717) is 16.7 Å². The van der Waals surface area contributed by atoms with Gasteiger partial charge in [-0.15, -0.1) is 0 Å². The Morgan fingerprint density at radius 1 is 1.00 bits per heavy atom. The number of carbonyl (C=O) groups is 2. The minimum atomic E-state index is -1.94. The molecule has 0 bridgehead atoms. The second kappa shape index (κ2) is 8.62. The first-order chi connectivity index (χ1) is 13.4. The molecule has 2 aromatic carbocycles. The van der Waals surface area contributed by atoms with Crippen LogP contribution in [0.1, 0.15) is 54.0 Å². The lowest BCUT2D eigenvalue weighted by Gasteiger charge is -2.36. The molecule has 29 heavy (non-hydrogen) atoms. The van der Waals surface area contributed by atoms with Gasteiger partial charge in [0, 0.05) is 11.1 Å². The number of nitriles is 1. The van der Waals surface area contributed by atoms with Crippen LogP contribution in [-0.2, 0) is 0 Å². The lowest BCUT2D eigenvalue weighted by molar-refractivity contribution is 0.0865. The molecule has 0 aliphatic rings. The number of nitrogens with zero attached hydrogens (tertiary/aromatic N) is 1. The maximum Gasteiger partial charge on any atom is 0.251 e. The third-order valence-electron chi connectivity index (χ3n) is 5.34. The molecule has 1 N–H and O–H groups in total. The summed E-state index contributed by atoms with van der Waals surface area (Å²) < 4.78 is 6.23. The molecule has 6 heteroatoms. The predicted octanol–water partition coefficient (Wildman–Crippen LogP) is 4.94. The van der Waals surface area contributed by atoms with E-state index in [9.17, 15) is 9.59 Å². The van der Waals surface area contributed by atoms with Crippen LogP contribution in [0.15, 0.2) is 48.5 Å². The molecule has 0 saturated carbocycles. The van der Waals surface area contributed by atoms with Gasteiger partial charge in [-0.2, -0.15) is 5.26 Å². The number of amides is 1. The Morgan fingerprint density at radius 2 is 1.52 bits per heavy atom. The van der Waals surface area contributed by atoms with Gasteiger partial charge >= 0.3 is 0 Å². The molecule has 0 aliphatic carbocycles. The molecular formula is C23H28N2O3Si. The minimum absolute atomic E-state index is 0.0876. The summed E-state index contributed by atoms with van der Waals surface area (Å²) in [5, 5.41) is 11.7. The number of hydrogen-bond acceptors (Lipinski definition) is 4. The van der Waals surface area contributed by atoms with Crippen molar-refractivity contribution < 1.29 is 14.0 Å². The zero-order chi connectivity index (χ0) is 21.8. The Balaban J connectivity index is 2.03. The van der Waals surface area contributed by atoms with Gasteiger partial charge in [0.2, 0.25) is 8.32 Å². The van der Waals surface area contributed by atoms with E-state index >= 15 is 0 Å². The molecule has 0 heterocycles. The molecule has 1 amide bonds. The fourth-order valence-electron chi connectivity index (χ4n) is 2.43. The molecule has 5 nitrogen and oxygen atoms in total. The van der Waals surface area contributed by atoms with E-state index in [1.54, 1.807) is 55.5 Å². The summed E-state index contributed by atoms with van der Waals surface area (Å²) in [6.45, 7) is 12.5. The van der Waals surface area contributed by atoms with Crippen molar-refractivity contribution in [3.63, 3.8) is 0 Å². The summed E-state index contributed by atoms with van der Waals surface area (Å²) in [4.78, 5) is 25.0.